The maximum absolute atomic E-state index is 12.8. The summed E-state index contributed by atoms with van der Waals surface area (Å²) in [7, 11) is 0. The van der Waals surface area contributed by atoms with Gasteiger partial charge in [-0.3, -0.25) is 4.79 Å². The van der Waals surface area contributed by atoms with Gasteiger partial charge in [0.25, 0.3) is 5.91 Å². The molecule has 0 saturated carbocycles. The molecule has 1 amide bonds. The maximum Gasteiger partial charge on any atom is 0.344 e. The molecule has 0 spiro atoms. The van der Waals surface area contributed by atoms with Crippen molar-refractivity contribution >= 4 is 11.9 Å². The van der Waals surface area contributed by atoms with E-state index < -0.39 is 24.3 Å². The van der Waals surface area contributed by atoms with Gasteiger partial charge in [0.2, 0.25) is 6.79 Å². The summed E-state index contributed by atoms with van der Waals surface area (Å²) in [4.78, 5) is 23.3. The second kappa shape index (κ2) is 8.19. The fourth-order valence-corrected chi connectivity index (χ4v) is 2.16. The summed E-state index contributed by atoms with van der Waals surface area (Å²) in [5.41, 5.74) is 0.827. The highest BCUT2D eigenvalue weighted by Gasteiger charge is 2.14. The monoisotopic (exact) mass is 361 g/mol. The molecule has 1 N–H and O–H groups in total. The number of ether oxygens (including phenoxy) is 4. The highest BCUT2D eigenvalue weighted by atomic mass is 19.1. The minimum atomic E-state index is -0.701. The number of fused-ring (bicyclic) bond motifs is 1. The smallest absolute Gasteiger partial charge is 0.344 e. The standard InChI is InChI=1S/C18H16FNO6/c19-13-2-4-14(5-3-13)23-10-18(22)24-9-17(21)20-8-12-1-6-15-16(7-12)26-11-25-15/h1-7H,8-11H2,(H,20,21). The molecular weight excluding hydrogens is 345 g/mol. The Morgan fingerprint density at radius 3 is 2.62 bits per heavy atom. The number of benzene rings is 2. The molecule has 3 rings (SSSR count). The third-order valence-electron chi connectivity index (χ3n) is 3.46. The van der Waals surface area contributed by atoms with E-state index in [-0.39, 0.29) is 19.9 Å². The van der Waals surface area contributed by atoms with E-state index in [4.69, 9.17) is 18.9 Å². The molecule has 2 aromatic rings. The van der Waals surface area contributed by atoms with E-state index in [1.54, 1.807) is 18.2 Å². The molecule has 0 saturated heterocycles. The predicted molar refractivity (Wildman–Crippen MR) is 87.3 cm³/mol. The van der Waals surface area contributed by atoms with Crippen LogP contribution in [-0.2, 0) is 20.9 Å². The van der Waals surface area contributed by atoms with Crippen molar-refractivity contribution in [1.82, 2.24) is 5.32 Å². The van der Waals surface area contributed by atoms with Crippen LogP contribution in [0.2, 0.25) is 0 Å². The Labute approximate surface area is 148 Å². The van der Waals surface area contributed by atoms with E-state index in [0.29, 0.717) is 17.2 Å². The lowest BCUT2D eigenvalue weighted by Gasteiger charge is -2.08. The normalized spacial score (nSPS) is 11.7. The third-order valence-corrected chi connectivity index (χ3v) is 3.46. The van der Waals surface area contributed by atoms with Crippen molar-refractivity contribution in [2.24, 2.45) is 0 Å². The lowest BCUT2D eigenvalue weighted by Crippen LogP contribution is -2.29. The Bertz CT molecular complexity index is 793. The molecule has 1 aliphatic rings. The van der Waals surface area contributed by atoms with Crippen molar-refractivity contribution in [3.63, 3.8) is 0 Å². The zero-order valence-corrected chi connectivity index (χ0v) is 13.7. The molecule has 26 heavy (non-hydrogen) atoms. The molecular formula is C18H16FNO6. The Balaban J connectivity index is 1.35. The second-order valence-electron chi connectivity index (χ2n) is 5.37. The third kappa shape index (κ3) is 4.85. The molecule has 0 bridgehead atoms. The number of carbonyl (C=O) groups is 2. The fraction of sp³-hybridized carbons (Fsp3) is 0.222. The van der Waals surface area contributed by atoms with Gasteiger partial charge in [-0.25, -0.2) is 9.18 Å². The van der Waals surface area contributed by atoms with E-state index in [9.17, 15) is 14.0 Å². The van der Waals surface area contributed by atoms with Gasteiger partial charge in [0.1, 0.15) is 11.6 Å². The van der Waals surface area contributed by atoms with Crippen molar-refractivity contribution in [2.75, 3.05) is 20.0 Å². The van der Waals surface area contributed by atoms with Crippen molar-refractivity contribution in [2.45, 2.75) is 6.54 Å². The quantitative estimate of drug-likeness (QED) is 0.757. The van der Waals surface area contributed by atoms with Gasteiger partial charge in [0, 0.05) is 6.54 Å². The first kappa shape index (κ1) is 17.5. The first-order valence-electron chi connectivity index (χ1n) is 7.79. The van der Waals surface area contributed by atoms with Crippen LogP contribution < -0.4 is 19.5 Å². The van der Waals surface area contributed by atoms with Crippen LogP contribution in [-0.4, -0.2) is 31.9 Å². The van der Waals surface area contributed by atoms with E-state index in [2.05, 4.69) is 5.32 Å². The number of carbonyl (C=O) groups excluding carboxylic acids is 2. The summed E-state index contributed by atoms with van der Waals surface area (Å²) >= 11 is 0. The minimum Gasteiger partial charge on any atom is -0.482 e. The van der Waals surface area contributed by atoms with Crippen molar-refractivity contribution in [3.8, 4) is 17.2 Å². The van der Waals surface area contributed by atoms with Gasteiger partial charge < -0.3 is 24.3 Å². The predicted octanol–water partition coefficient (Wildman–Crippen LogP) is 1.79. The van der Waals surface area contributed by atoms with Gasteiger partial charge in [-0.05, 0) is 42.0 Å². The maximum atomic E-state index is 12.8. The lowest BCUT2D eigenvalue weighted by atomic mass is 10.2. The van der Waals surface area contributed by atoms with Crippen LogP contribution >= 0.6 is 0 Å². The number of esters is 1. The van der Waals surface area contributed by atoms with Gasteiger partial charge in [0.05, 0.1) is 0 Å². The molecule has 0 aromatic heterocycles. The summed E-state index contributed by atoms with van der Waals surface area (Å²) in [6, 6.07) is 10.5. The molecule has 136 valence electrons. The van der Waals surface area contributed by atoms with Gasteiger partial charge in [-0.1, -0.05) is 6.07 Å². The summed E-state index contributed by atoms with van der Waals surface area (Å²) in [5.74, 6) is 0.0660. The molecule has 0 unspecified atom stereocenters. The first-order chi connectivity index (χ1) is 12.6. The molecule has 8 heteroatoms. The van der Waals surface area contributed by atoms with E-state index in [1.165, 1.54) is 24.3 Å². The number of nitrogens with one attached hydrogen (secondary N) is 1. The zero-order chi connectivity index (χ0) is 18.4. The Morgan fingerprint density at radius 1 is 1.04 bits per heavy atom. The molecule has 0 radical (unpaired) electrons. The van der Waals surface area contributed by atoms with Gasteiger partial charge >= 0.3 is 5.97 Å². The molecule has 1 heterocycles. The van der Waals surface area contributed by atoms with Crippen LogP contribution in [0, 0.1) is 5.82 Å². The van der Waals surface area contributed by atoms with Crippen LogP contribution in [0.4, 0.5) is 4.39 Å². The Morgan fingerprint density at radius 2 is 1.81 bits per heavy atom. The fourth-order valence-electron chi connectivity index (χ4n) is 2.16. The average molecular weight is 361 g/mol. The minimum absolute atomic E-state index is 0.182. The van der Waals surface area contributed by atoms with Gasteiger partial charge in [-0.15, -0.1) is 0 Å². The summed E-state index contributed by atoms with van der Waals surface area (Å²) in [6.45, 7) is -0.350. The summed E-state index contributed by atoms with van der Waals surface area (Å²) in [5, 5.41) is 2.63. The highest BCUT2D eigenvalue weighted by Crippen LogP contribution is 2.32. The SMILES string of the molecule is O=C(COC(=O)COc1ccc(F)cc1)NCc1ccc2c(c1)OCO2. The van der Waals surface area contributed by atoms with Crippen molar-refractivity contribution in [3.05, 3.63) is 53.8 Å². The number of halogens is 1. The molecule has 2 aromatic carbocycles. The summed E-state index contributed by atoms with van der Waals surface area (Å²) < 4.78 is 33.2. The van der Waals surface area contributed by atoms with Crippen LogP contribution in [0.25, 0.3) is 0 Å². The largest absolute Gasteiger partial charge is 0.482 e. The lowest BCUT2D eigenvalue weighted by molar-refractivity contribution is -0.150. The van der Waals surface area contributed by atoms with E-state index >= 15 is 0 Å². The topological polar surface area (TPSA) is 83.1 Å². The Kier molecular flexibility index (Phi) is 5.52. The highest BCUT2D eigenvalue weighted by molar-refractivity contribution is 5.80. The van der Waals surface area contributed by atoms with Crippen LogP contribution in [0.1, 0.15) is 5.56 Å². The number of hydrogen-bond donors (Lipinski definition) is 1. The van der Waals surface area contributed by atoms with E-state index in [0.717, 1.165) is 5.56 Å². The average Bonchev–Trinajstić information content (AvgIpc) is 3.12. The van der Waals surface area contributed by atoms with Crippen LogP contribution in [0.15, 0.2) is 42.5 Å². The Hall–Kier alpha value is -3.29. The zero-order valence-electron chi connectivity index (χ0n) is 13.7. The van der Waals surface area contributed by atoms with Crippen LogP contribution in [0.5, 0.6) is 17.2 Å². The summed E-state index contributed by atoms with van der Waals surface area (Å²) in [6.07, 6.45) is 0. The van der Waals surface area contributed by atoms with Gasteiger partial charge in [0.15, 0.2) is 24.7 Å². The molecule has 0 fully saturated rings. The molecule has 0 aliphatic carbocycles. The number of rotatable bonds is 7. The second-order valence-corrected chi connectivity index (χ2v) is 5.37. The molecule has 7 nitrogen and oxygen atoms in total. The molecule has 1 aliphatic heterocycles. The number of hydrogen-bond acceptors (Lipinski definition) is 6. The van der Waals surface area contributed by atoms with Crippen LogP contribution in [0.3, 0.4) is 0 Å². The van der Waals surface area contributed by atoms with Gasteiger partial charge in [-0.2, -0.15) is 0 Å². The first-order valence-corrected chi connectivity index (χ1v) is 7.79. The van der Waals surface area contributed by atoms with Crippen molar-refractivity contribution < 1.29 is 32.9 Å². The van der Waals surface area contributed by atoms with E-state index in [1.807, 2.05) is 0 Å². The number of amides is 1. The molecule has 0 atom stereocenters. The van der Waals surface area contributed by atoms with Crippen molar-refractivity contribution in [1.29, 1.82) is 0 Å².